The smallest absolute Gasteiger partial charge is 0.338 e. The lowest BCUT2D eigenvalue weighted by atomic mass is 9.81. The van der Waals surface area contributed by atoms with E-state index in [4.69, 9.17) is 42.6 Å². The summed E-state index contributed by atoms with van der Waals surface area (Å²) in [5.41, 5.74) is -8.39. The van der Waals surface area contributed by atoms with E-state index < -0.39 is 98.1 Å². The van der Waals surface area contributed by atoms with Crippen LogP contribution >= 0.6 is 0 Å². The Labute approximate surface area is 475 Å². The van der Waals surface area contributed by atoms with Gasteiger partial charge in [0.1, 0.15) is 33.8 Å². The number of rotatable bonds is 5. The van der Waals surface area contributed by atoms with Gasteiger partial charge >= 0.3 is 29.8 Å². The lowest BCUT2D eigenvalue weighted by molar-refractivity contribution is -0.215. The van der Waals surface area contributed by atoms with Gasteiger partial charge in [-0.25, -0.2) is 19.2 Å². The van der Waals surface area contributed by atoms with Gasteiger partial charge in [0, 0.05) is 38.5 Å². The molecule has 0 amide bonds. The van der Waals surface area contributed by atoms with Gasteiger partial charge in [0.15, 0.2) is 34.0 Å². The van der Waals surface area contributed by atoms with Crippen LogP contribution in [0.25, 0.3) is 0 Å². The molecule has 21 heteroatoms. The van der Waals surface area contributed by atoms with Crippen LogP contribution in [0, 0.1) is 5.92 Å². The standard InChI is InChI=1S/C13H22O5.C13H22O4.2C11H20O4.C11H18O4/c1-11(2,3)18-10(14)12(15)4-6-13(7-5-12)16-8-9-17-13;1-12(2,3)17-11(14)10-4-6-13(7-5-10)15-8-9-16-13;3*1-10(2,3)15-9(13)11(14)6-4-8(12)5-7-11/h15H,4-9H2,1-3H3;10H,4-9H2,1-3H3;2*8,12,14H,4-7H2,1-3H3;14H,4-7H2,1-3H3. The van der Waals surface area contributed by atoms with E-state index in [1.165, 1.54) is 0 Å². The van der Waals surface area contributed by atoms with Crippen molar-refractivity contribution in [1.29, 1.82) is 0 Å². The zero-order chi connectivity index (χ0) is 61.0. The van der Waals surface area contributed by atoms with E-state index in [0.717, 1.165) is 25.7 Å². The largest absolute Gasteiger partial charge is 0.460 e. The Morgan fingerprint density at radius 2 is 0.625 bits per heavy atom. The molecule has 0 aromatic heterocycles. The minimum absolute atomic E-state index is 0.00708. The van der Waals surface area contributed by atoms with E-state index in [1.807, 2.05) is 20.8 Å². The van der Waals surface area contributed by atoms with Crippen molar-refractivity contribution in [2.24, 2.45) is 5.92 Å². The number of aliphatic hydroxyl groups is 6. The predicted molar refractivity (Wildman–Crippen MR) is 291 cm³/mol. The van der Waals surface area contributed by atoms with Gasteiger partial charge in [0.2, 0.25) is 0 Å². The van der Waals surface area contributed by atoms with Crippen molar-refractivity contribution >= 4 is 35.6 Å². The van der Waals surface area contributed by atoms with E-state index in [2.05, 4.69) is 0 Å². The van der Waals surface area contributed by atoms with Gasteiger partial charge in [-0.3, -0.25) is 9.59 Å². The minimum atomic E-state index is -1.46. The van der Waals surface area contributed by atoms with Gasteiger partial charge in [-0.05, 0) is 194 Å². The van der Waals surface area contributed by atoms with Crippen LogP contribution in [0.4, 0.5) is 0 Å². The molecule has 0 radical (unpaired) electrons. The van der Waals surface area contributed by atoms with Crippen LogP contribution < -0.4 is 0 Å². The van der Waals surface area contributed by atoms with Crippen LogP contribution in [0.5, 0.6) is 0 Å². The van der Waals surface area contributed by atoms with Gasteiger partial charge in [0.25, 0.3) is 0 Å². The van der Waals surface area contributed by atoms with Gasteiger partial charge in [0.05, 0.1) is 44.6 Å². The summed E-state index contributed by atoms with van der Waals surface area (Å²) in [6.07, 6.45) is 7.94. The molecule has 2 saturated heterocycles. The SMILES string of the molecule is CC(C)(C)OC(=O)C1(O)CCC(=O)CC1.CC(C)(C)OC(=O)C1(O)CCC(O)CC1.CC(C)(C)OC(=O)C1(O)CCC(O)CC1.CC(C)(C)OC(=O)C1(O)CCC2(CC1)OCCO2.CC(C)(C)OC(=O)C1CCC2(CC1)OCCO2. The fraction of sp³-hybridized carbons (Fsp3) is 0.898. The summed E-state index contributed by atoms with van der Waals surface area (Å²) in [6.45, 7) is 29.5. The molecule has 6 N–H and O–H groups in total. The highest BCUT2D eigenvalue weighted by molar-refractivity contribution is 5.86. The molecule has 0 atom stereocenters. The molecule has 21 nitrogen and oxygen atoms in total. The molecule has 7 fully saturated rings. The minimum Gasteiger partial charge on any atom is -0.460 e. The number of ether oxygens (including phenoxy) is 9. The van der Waals surface area contributed by atoms with Crippen LogP contribution in [-0.2, 0) is 71.4 Å². The molecule has 80 heavy (non-hydrogen) atoms. The first-order chi connectivity index (χ1) is 36.3. The first-order valence-corrected chi connectivity index (χ1v) is 28.8. The number of carbonyl (C=O) groups excluding carboxylic acids is 6. The van der Waals surface area contributed by atoms with Crippen molar-refractivity contribution in [2.45, 2.75) is 306 Å². The summed E-state index contributed by atoms with van der Waals surface area (Å²) in [7, 11) is 0. The molecule has 2 aliphatic heterocycles. The van der Waals surface area contributed by atoms with Gasteiger partial charge in [-0.2, -0.15) is 0 Å². The van der Waals surface area contributed by atoms with Crippen LogP contribution in [0.1, 0.15) is 232 Å². The van der Waals surface area contributed by atoms with Crippen molar-refractivity contribution in [1.82, 2.24) is 0 Å². The number of aliphatic hydroxyl groups excluding tert-OH is 2. The van der Waals surface area contributed by atoms with Gasteiger partial charge in [-0.1, -0.05) is 0 Å². The number of hydrogen-bond acceptors (Lipinski definition) is 21. The number of hydrogen-bond donors (Lipinski definition) is 6. The Hall–Kier alpha value is -3.38. The lowest BCUT2D eigenvalue weighted by Gasteiger charge is -2.39. The monoisotopic (exact) mass is 1150 g/mol. The molecule has 5 aliphatic carbocycles. The topological polar surface area (TPSA) is 307 Å². The zero-order valence-corrected chi connectivity index (χ0v) is 51.0. The molecule has 5 saturated carbocycles. The third-order valence-corrected chi connectivity index (χ3v) is 14.3. The van der Waals surface area contributed by atoms with Crippen molar-refractivity contribution in [3.8, 4) is 0 Å². The first-order valence-electron chi connectivity index (χ1n) is 28.8. The van der Waals surface area contributed by atoms with E-state index in [9.17, 15) is 59.4 Å². The molecular weight excluding hydrogens is 1040 g/mol. The summed E-state index contributed by atoms with van der Waals surface area (Å²) < 4.78 is 48.5. The van der Waals surface area contributed by atoms with Crippen LogP contribution in [0.15, 0.2) is 0 Å². The second-order valence-electron chi connectivity index (χ2n) is 27.7. The third-order valence-electron chi connectivity index (χ3n) is 14.3. The average Bonchev–Trinajstić information content (AvgIpc) is 3.99. The third kappa shape index (κ3) is 24.1. The maximum atomic E-state index is 12.0. The maximum absolute atomic E-state index is 12.0. The molecule has 2 spiro atoms. The average molecular weight is 1150 g/mol. The Morgan fingerprint density at radius 1 is 0.375 bits per heavy atom. The molecule has 464 valence electrons. The van der Waals surface area contributed by atoms with Crippen LogP contribution in [-0.4, -0.2) is 167 Å². The Kier molecular flexibility index (Phi) is 24.8. The Balaban J connectivity index is 0.000000263. The fourth-order valence-corrected chi connectivity index (χ4v) is 9.71. The van der Waals surface area contributed by atoms with E-state index >= 15 is 0 Å². The number of ketones is 1. The van der Waals surface area contributed by atoms with E-state index in [-0.39, 0.29) is 69.0 Å². The number of carbonyl (C=O) groups is 6. The Morgan fingerprint density at radius 3 is 0.900 bits per heavy atom. The maximum Gasteiger partial charge on any atom is 0.338 e. The second kappa shape index (κ2) is 28.0. The van der Waals surface area contributed by atoms with Crippen LogP contribution in [0.3, 0.4) is 0 Å². The second-order valence-corrected chi connectivity index (χ2v) is 27.7. The first kappa shape index (κ1) is 70.9. The molecule has 0 aromatic rings. The van der Waals surface area contributed by atoms with Crippen LogP contribution in [0.2, 0.25) is 0 Å². The van der Waals surface area contributed by atoms with Crippen molar-refractivity contribution in [3.05, 3.63) is 0 Å². The lowest BCUT2D eigenvalue weighted by Crippen LogP contribution is -2.50. The summed E-state index contributed by atoms with van der Waals surface area (Å²) in [5, 5.41) is 59.0. The summed E-state index contributed by atoms with van der Waals surface area (Å²) >= 11 is 0. The van der Waals surface area contributed by atoms with E-state index in [0.29, 0.717) is 77.8 Å². The number of Topliss-reactive ketones (excluding diaryl/α,β-unsaturated/α-hetero) is 1. The zero-order valence-electron chi connectivity index (χ0n) is 51.0. The highest BCUT2D eigenvalue weighted by Crippen LogP contribution is 2.42. The highest BCUT2D eigenvalue weighted by atomic mass is 16.7. The fourth-order valence-electron chi connectivity index (χ4n) is 9.71. The molecule has 2 heterocycles. The molecular formula is C59H102O21. The molecule has 0 unspecified atom stereocenters. The van der Waals surface area contributed by atoms with E-state index in [1.54, 1.807) is 83.1 Å². The summed E-state index contributed by atoms with van der Waals surface area (Å²) in [5.74, 6) is -3.22. The number of esters is 5. The van der Waals surface area contributed by atoms with Gasteiger partial charge in [-0.15, -0.1) is 0 Å². The summed E-state index contributed by atoms with van der Waals surface area (Å²) in [4.78, 5) is 69.9. The predicted octanol–water partition coefficient (Wildman–Crippen LogP) is 6.83. The molecule has 7 rings (SSSR count). The Bertz CT molecular complexity index is 1940. The molecule has 7 aliphatic rings. The van der Waals surface area contributed by atoms with Gasteiger partial charge < -0.3 is 73.3 Å². The van der Waals surface area contributed by atoms with Crippen molar-refractivity contribution in [2.75, 3.05) is 26.4 Å². The quantitative estimate of drug-likeness (QED) is 0.121. The van der Waals surface area contributed by atoms with Crippen molar-refractivity contribution in [3.63, 3.8) is 0 Å². The normalized spacial score (nSPS) is 28.1. The molecule has 0 bridgehead atoms. The molecule has 0 aromatic carbocycles. The highest BCUT2D eigenvalue weighted by Gasteiger charge is 2.51. The summed E-state index contributed by atoms with van der Waals surface area (Å²) in [6, 6.07) is 0. The van der Waals surface area contributed by atoms with Crippen molar-refractivity contribution < 1.29 is 102 Å².